The third-order valence-electron chi connectivity index (χ3n) is 8.87. The number of halogens is 3. The van der Waals surface area contributed by atoms with Crippen molar-refractivity contribution < 1.29 is 33.3 Å². The normalized spacial score (nSPS) is 17.2. The van der Waals surface area contributed by atoms with Gasteiger partial charge in [0.25, 0.3) is 5.91 Å². The Morgan fingerprint density at radius 3 is 2.45 bits per heavy atom. The Morgan fingerprint density at radius 1 is 0.957 bits per heavy atom. The van der Waals surface area contributed by atoms with E-state index in [2.05, 4.69) is 9.80 Å². The minimum absolute atomic E-state index is 0.105. The second kappa shape index (κ2) is 14.7. The van der Waals surface area contributed by atoms with E-state index in [0.717, 1.165) is 50.9 Å². The monoisotopic (exact) mass is 686 g/mol. The molecular formula is C34H37Cl2FN4O6. The standard InChI is InChI=1S/C34H37Cl2FN4O6/c1-45-13-10-38-6-3-7-39(9-8-38)23-16-27(35)31(28(36)17-23)33(42)41-20-22-4-2-5-24(32(22)47-21-41)25-19-30(40-11-14-46-15-12-40)26(34(43)44)18-29(25)37/h2,4-5,16-19H,3,6-15,20-21H2,1H3,(H,43,44). The minimum Gasteiger partial charge on any atom is -0.478 e. The maximum absolute atomic E-state index is 15.5. The molecule has 0 spiro atoms. The molecule has 2 saturated heterocycles. The van der Waals surface area contributed by atoms with Gasteiger partial charge in [-0.05, 0) is 37.2 Å². The molecule has 2 fully saturated rings. The summed E-state index contributed by atoms with van der Waals surface area (Å²) in [5, 5.41) is 10.3. The van der Waals surface area contributed by atoms with Gasteiger partial charge in [0, 0.05) is 68.8 Å². The largest absolute Gasteiger partial charge is 0.478 e. The number of anilines is 2. The summed E-state index contributed by atoms with van der Waals surface area (Å²) in [4.78, 5) is 33.8. The van der Waals surface area contributed by atoms with E-state index in [1.807, 2.05) is 11.0 Å². The van der Waals surface area contributed by atoms with Crippen LogP contribution in [0, 0.1) is 5.82 Å². The van der Waals surface area contributed by atoms with Crippen LogP contribution in [0.25, 0.3) is 11.1 Å². The van der Waals surface area contributed by atoms with Gasteiger partial charge in [-0.25, -0.2) is 9.18 Å². The summed E-state index contributed by atoms with van der Waals surface area (Å²) in [6.45, 7) is 7.02. The van der Waals surface area contributed by atoms with Crippen molar-refractivity contribution in [2.45, 2.75) is 13.0 Å². The number of carboxylic acids is 1. The van der Waals surface area contributed by atoms with E-state index in [1.54, 1.807) is 37.4 Å². The first-order chi connectivity index (χ1) is 22.7. The number of nitrogens with zero attached hydrogens (tertiary/aromatic N) is 4. The van der Waals surface area contributed by atoms with Crippen molar-refractivity contribution in [3.63, 3.8) is 0 Å². The number of amides is 1. The average molecular weight is 688 g/mol. The van der Waals surface area contributed by atoms with E-state index < -0.39 is 11.8 Å². The van der Waals surface area contributed by atoms with Gasteiger partial charge in [0.05, 0.1) is 53.2 Å². The number of rotatable bonds is 8. The Hall–Kier alpha value is -3.61. The Bertz CT molecular complexity index is 1630. The molecule has 13 heteroatoms. The van der Waals surface area contributed by atoms with Crippen molar-refractivity contribution in [2.24, 2.45) is 0 Å². The van der Waals surface area contributed by atoms with E-state index in [9.17, 15) is 14.7 Å². The van der Waals surface area contributed by atoms with E-state index in [4.69, 9.17) is 37.4 Å². The summed E-state index contributed by atoms with van der Waals surface area (Å²) < 4.78 is 32.3. The van der Waals surface area contributed by atoms with Gasteiger partial charge in [-0.2, -0.15) is 0 Å². The lowest BCUT2D eigenvalue weighted by Crippen LogP contribution is -2.38. The minimum atomic E-state index is -1.21. The third-order valence-corrected chi connectivity index (χ3v) is 9.47. The summed E-state index contributed by atoms with van der Waals surface area (Å²) in [6, 6.07) is 11.5. The molecule has 0 atom stereocenters. The van der Waals surface area contributed by atoms with Crippen molar-refractivity contribution >= 4 is 46.5 Å². The highest BCUT2D eigenvalue weighted by molar-refractivity contribution is 6.40. The fraction of sp³-hybridized carbons (Fsp3) is 0.412. The topological polar surface area (TPSA) is 95.0 Å². The molecule has 250 valence electrons. The van der Waals surface area contributed by atoms with Gasteiger partial charge in [0.2, 0.25) is 0 Å². The molecule has 10 nitrogen and oxygen atoms in total. The number of hydrogen-bond acceptors (Lipinski definition) is 8. The van der Waals surface area contributed by atoms with Crippen molar-refractivity contribution in [3.8, 4) is 16.9 Å². The van der Waals surface area contributed by atoms with Crippen molar-refractivity contribution in [2.75, 3.05) is 89.3 Å². The summed E-state index contributed by atoms with van der Waals surface area (Å²) in [5.74, 6) is -1.84. The summed E-state index contributed by atoms with van der Waals surface area (Å²) in [6.07, 6.45) is 0.980. The van der Waals surface area contributed by atoms with Crippen LogP contribution in [-0.2, 0) is 16.0 Å². The number of benzene rings is 3. The van der Waals surface area contributed by atoms with Crippen LogP contribution in [0.4, 0.5) is 15.8 Å². The van der Waals surface area contributed by atoms with E-state index in [1.165, 1.54) is 4.90 Å². The Kier molecular flexibility index (Phi) is 10.4. The molecule has 0 aliphatic carbocycles. The smallest absolute Gasteiger partial charge is 0.337 e. The summed E-state index contributed by atoms with van der Waals surface area (Å²) in [5.41, 5.74) is 2.71. The zero-order valence-corrected chi connectivity index (χ0v) is 27.7. The molecule has 0 saturated carbocycles. The van der Waals surface area contributed by atoms with Crippen LogP contribution in [0.15, 0.2) is 42.5 Å². The highest BCUT2D eigenvalue weighted by atomic mass is 35.5. The van der Waals surface area contributed by atoms with E-state index in [0.29, 0.717) is 55.5 Å². The van der Waals surface area contributed by atoms with Gasteiger partial charge in [-0.15, -0.1) is 0 Å². The second-order valence-electron chi connectivity index (χ2n) is 11.8. The van der Waals surface area contributed by atoms with Crippen LogP contribution in [0.2, 0.25) is 10.0 Å². The highest BCUT2D eigenvalue weighted by Gasteiger charge is 2.30. The fourth-order valence-electron chi connectivity index (χ4n) is 6.40. The van der Waals surface area contributed by atoms with Crippen LogP contribution in [-0.4, -0.2) is 106 Å². The maximum Gasteiger partial charge on any atom is 0.337 e. The van der Waals surface area contributed by atoms with Crippen molar-refractivity contribution in [1.29, 1.82) is 0 Å². The lowest BCUT2D eigenvalue weighted by atomic mass is 9.97. The molecule has 3 heterocycles. The first kappa shape index (κ1) is 33.3. The highest BCUT2D eigenvalue weighted by Crippen LogP contribution is 2.41. The van der Waals surface area contributed by atoms with Crippen molar-refractivity contribution in [1.82, 2.24) is 9.80 Å². The summed E-state index contributed by atoms with van der Waals surface area (Å²) in [7, 11) is 1.70. The first-order valence-electron chi connectivity index (χ1n) is 15.6. The molecule has 3 aromatic carbocycles. The zero-order chi connectivity index (χ0) is 33.1. The van der Waals surface area contributed by atoms with Crippen LogP contribution in [0.5, 0.6) is 5.75 Å². The predicted molar refractivity (Wildman–Crippen MR) is 179 cm³/mol. The molecule has 0 unspecified atom stereocenters. The Labute approximate surface area is 283 Å². The number of morpholine rings is 1. The average Bonchev–Trinajstić information content (AvgIpc) is 3.32. The molecule has 3 aliphatic heterocycles. The lowest BCUT2D eigenvalue weighted by Gasteiger charge is -2.32. The number of carbonyl (C=O) groups is 2. The second-order valence-corrected chi connectivity index (χ2v) is 12.6. The van der Waals surface area contributed by atoms with Crippen LogP contribution in [0.3, 0.4) is 0 Å². The van der Waals surface area contributed by atoms with Gasteiger partial charge < -0.3 is 34.0 Å². The number of aromatic carboxylic acids is 1. The van der Waals surface area contributed by atoms with Crippen LogP contribution >= 0.6 is 23.2 Å². The molecule has 47 heavy (non-hydrogen) atoms. The molecular weight excluding hydrogens is 650 g/mol. The van der Waals surface area contributed by atoms with Gasteiger partial charge in [-0.3, -0.25) is 9.69 Å². The number of fused-ring (bicyclic) bond motifs is 1. The zero-order valence-electron chi connectivity index (χ0n) is 26.1. The van der Waals surface area contributed by atoms with Gasteiger partial charge in [0.15, 0.2) is 6.73 Å². The van der Waals surface area contributed by atoms with E-state index in [-0.39, 0.29) is 45.9 Å². The molecule has 1 amide bonds. The Morgan fingerprint density at radius 2 is 1.72 bits per heavy atom. The molecule has 0 bridgehead atoms. The molecule has 6 rings (SSSR count). The molecule has 0 radical (unpaired) electrons. The third kappa shape index (κ3) is 7.14. The molecule has 0 aromatic heterocycles. The molecule has 3 aliphatic rings. The fourth-order valence-corrected chi connectivity index (χ4v) is 7.04. The van der Waals surface area contributed by atoms with Gasteiger partial charge in [0.1, 0.15) is 11.6 Å². The molecule has 3 aromatic rings. The number of hydrogen-bond donors (Lipinski definition) is 1. The number of para-hydroxylation sites is 1. The van der Waals surface area contributed by atoms with Gasteiger partial charge in [-0.1, -0.05) is 41.4 Å². The number of carboxylic acid groups (broad SMARTS) is 1. The number of carbonyl (C=O) groups excluding carboxylic acids is 1. The molecule has 1 N–H and O–H groups in total. The lowest BCUT2D eigenvalue weighted by molar-refractivity contribution is 0.0516. The van der Waals surface area contributed by atoms with Gasteiger partial charge >= 0.3 is 5.97 Å². The van der Waals surface area contributed by atoms with Crippen LogP contribution in [0.1, 0.15) is 32.7 Å². The SMILES string of the molecule is COCCN1CCCN(c2cc(Cl)c(C(=O)N3COc4c(cccc4-c4cc(N5CCOCC5)c(C(=O)O)cc4F)C3)c(Cl)c2)CC1. The Balaban J connectivity index is 1.22. The van der Waals surface area contributed by atoms with E-state index >= 15 is 4.39 Å². The predicted octanol–water partition coefficient (Wildman–Crippen LogP) is 5.49. The maximum atomic E-state index is 15.5. The van der Waals surface area contributed by atoms with Crippen LogP contribution < -0.4 is 14.5 Å². The summed E-state index contributed by atoms with van der Waals surface area (Å²) >= 11 is 13.4. The number of methoxy groups -OCH3 is 1. The quantitative estimate of drug-likeness (QED) is 0.330. The first-order valence-corrected chi connectivity index (χ1v) is 16.4. The number of ether oxygens (including phenoxy) is 3. The van der Waals surface area contributed by atoms with Crippen molar-refractivity contribution in [3.05, 3.63) is 75.0 Å².